The number of nitrogens with zero attached hydrogens (tertiary/aromatic N) is 2. The van der Waals surface area contributed by atoms with Crippen molar-refractivity contribution in [3.8, 4) is 0 Å². The average Bonchev–Trinajstić information content (AvgIpc) is 3.26. The SMILES string of the molecule is CSc1ccc2c(c1)[C@@H](N1CCN(CCC3OCCO3)CC1)Cc1ccccc1S2. The fourth-order valence-corrected chi connectivity index (χ4v) is 6.27. The van der Waals surface area contributed by atoms with Crippen LogP contribution in [0.15, 0.2) is 57.2 Å². The second kappa shape index (κ2) is 9.63. The molecule has 0 saturated carbocycles. The van der Waals surface area contributed by atoms with Crippen molar-refractivity contribution in [1.82, 2.24) is 9.80 Å². The van der Waals surface area contributed by atoms with Crippen molar-refractivity contribution in [3.05, 3.63) is 53.6 Å². The summed E-state index contributed by atoms with van der Waals surface area (Å²) in [6, 6.07) is 16.4. The van der Waals surface area contributed by atoms with Gasteiger partial charge >= 0.3 is 0 Å². The number of ether oxygens (including phenoxy) is 2. The first-order chi connectivity index (χ1) is 14.8. The van der Waals surface area contributed by atoms with E-state index in [1.165, 1.54) is 25.8 Å². The second-order valence-electron chi connectivity index (χ2n) is 8.17. The van der Waals surface area contributed by atoms with Gasteiger partial charge in [-0.2, -0.15) is 0 Å². The molecule has 0 spiro atoms. The van der Waals surface area contributed by atoms with E-state index < -0.39 is 0 Å². The first-order valence-electron chi connectivity index (χ1n) is 10.9. The van der Waals surface area contributed by atoms with Crippen LogP contribution in [0.25, 0.3) is 0 Å². The number of benzene rings is 2. The Hall–Kier alpha value is -1.02. The van der Waals surface area contributed by atoms with Gasteiger partial charge < -0.3 is 14.4 Å². The van der Waals surface area contributed by atoms with E-state index in [0.29, 0.717) is 6.04 Å². The number of hydrogen-bond donors (Lipinski definition) is 0. The lowest BCUT2D eigenvalue weighted by Crippen LogP contribution is -2.48. The van der Waals surface area contributed by atoms with E-state index in [0.717, 1.165) is 58.8 Å². The van der Waals surface area contributed by atoms with Gasteiger partial charge in [-0.05, 0) is 48.1 Å². The first-order valence-corrected chi connectivity index (χ1v) is 13.0. The highest BCUT2D eigenvalue weighted by Crippen LogP contribution is 2.44. The van der Waals surface area contributed by atoms with E-state index >= 15 is 0 Å². The lowest BCUT2D eigenvalue weighted by atomic mass is 9.96. The third kappa shape index (κ3) is 4.59. The van der Waals surface area contributed by atoms with Crippen LogP contribution in [0, 0.1) is 0 Å². The van der Waals surface area contributed by atoms with E-state index in [1.807, 2.05) is 23.5 Å². The highest BCUT2D eigenvalue weighted by Gasteiger charge is 2.30. The summed E-state index contributed by atoms with van der Waals surface area (Å²) >= 11 is 3.78. The minimum Gasteiger partial charge on any atom is -0.350 e. The summed E-state index contributed by atoms with van der Waals surface area (Å²) in [5.41, 5.74) is 2.98. The topological polar surface area (TPSA) is 24.9 Å². The van der Waals surface area contributed by atoms with Crippen LogP contribution < -0.4 is 0 Å². The molecule has 2 aromatic carbocycles. The van der Waals surface area contributed by atoms with Crippen molar-refractivity contribution in [2.45, 2.75) is 39.9 Å². The van der Waals surface area contributed by atoms with Gasteiger partial charge in [-0.1, -0.05) is 30.0 Å². The third-order valence-electron chi connectivity index (χ3n) is 6.40. The highest BCUT2D eigenvalue weighted by molar-refractivity contribution is 7.99. The van der Waals surface area contributed by atoms with Gasteiger partial charge in [0.1, 0.15) is 0 Å². The monoisotopic (exact) mass is 442 g/mol. The molecule has 0 radical (unpaired) electrons. The molecular formula is C24H30N2O2S2. The molecule has 5 rings (SSSR count). The summed E-state index contributed by atoms with van der Waals surface area (Å²) in [5, 5.41) is 0. The van der Waals surface area contributed by atoms with Gasteiger partial charge in [0.05, 0.1) is 13.2 Å². The van der Waals surface area contributed by atoms with Crippen molar-refractivity contribution < 1.29 is 9.47 Å². The minimum atomic E-state index is 0.00950. The van der Waals surface area contributed by atoms with Gasteiger partial charge in [-0.25, -0.2) is 0 Å². The summed E-state index contributed by atoms with van der Waals surface area (Å²) in [6.45, 7) is 7.04. The molecule has 0 N–H and O–H groups in total. The van der Waals surface area contributed by atoms with Crippen LogP contribution in [-0.4, -0.2) is 68.3 Å². The zero-order valence-corrected chi connectivity index (χ0v) is 19.2. The molecule has 4 nitrogen and oxygen atoms in total. The number of piperazine rings is 1. The third-order valence-corrected chi connectivity index (χ3v) is 8.34. The maximum atomic E-state index is 5.60. The van der Waals surface area contributed by atoms with E-state index in [2.05, 4.69) is 58.5 Å². The van der Waals surface area contributed by atoms with E-state index in [9.17, 15) is 0 Å². The Morgan fingerprint density at radius 2 is 1.80 bits per heavy atom. The Morgan fingerprint density at radius 1 is 1.00 bits per heavy atom. The van der Waals surface area contributed by atoms with Crippen molar-refractivity contribution >= 4 is 23.5 Å². The van der Waals surface area contributed by atoms with Gasteiger partial charge in [-0.3, -0.25) is 4.90 Å². The molecule has 0 amide bonds. The largest absolute Gasteiger partial charge is 0.350 e. The van der Waals surface area contributed by atoms with E-state index in [1.54, 1.807) is 0 Å². The van der Waals surface area contributed by atoms with E-state index in [4.69, 9.17) is 9.47 Å². The molecule has 6 heteroatoms. The van der Waals surface area contributed by atoms with Crippen molar-refractivity contribution in [2.75, 3.05) is 52.2 Å². The Kier molecular flexibility index (Phi) is 6.70. The normalized spacial score (nSPS) is 23.2. The number of thioether (sulfide) groups is 1. The maximum Gasteiger partial charge on any atom is 0.159 e. The number of fused-ring (bicyclic) bond motifs is 2. The zero-order valence-electron chi connectivity index (χ0n) is 17.6. The fourth-order valence-electron chi connectivity index (χ4n) is 4.70. The molecule has 2 saturated heterocycles. The van der Waals surface area contributed by atoms with Gasteiger partial charge in [0, 0.05) is 59.9 Å². The minimum absolute atomic E-state index is 0.00950. The Balaban J connectivity index is 1.32. The molecule has 1 atom stereocenters. The molecule has 3 aliphatic rings. The Labute approximate surface area is 188 Å². The summed E-state index contributed by atoms with van der Waals surface area (Å²) in [6.07, 6.45) is 4.26. The van der Waals surface area contributed by atoms with Crippen LogP contribution in [-0.2, 0) is 15.9 Å². The van der Waals surface area contributed by atoms with Crippen LogP contribution in [0.3, 0.4) is 0 Å². The first kappa shape index (κ1) is 20.9. The Bertz CT molecular complexity index is 864. The lowest BCUT2D eigenvalue weighted by Gasteiger charge is -2.40. The molecule has 2 fully saturated rings. The zero-order chi connectivity index (χ0) is 20.3. The van der Waals surface area contributed by atoms with Crippen molar-refractivity contribution in [3.63, 3.8) is 0 Å². The molecule has 3 aliphatic heterocycles. The van der Waals surface area contributed by atoms with Crippen LogP contribution in [0.2, 0.25) is 0 Å². The van der Waals surface area contributed by atoms with Crippen LogP contribution in [0.1, 0.15) is 23.6 Å². The van der Waals surface area contributed by atoms with Gasteiger partial charge in [-0.15, -0.1) is 11.8 Å². The number of hydrogen-bond acceptors (Lipinski definition) is 6. The molecule has 0 unspecified atom stereocenters. The quantitative estimate of drug-likeness (QED) is 0.631. The fraction of sp³-hybridized carbons (Fsp3) is 0.500. The van der Waals surface area contributed by atoms with Crippen LogP contribution in [0.5, 0.6) is 0 Å². The molecule has 2 aromatic rings. The predicted molar refractivity (Wildman–Crippen MR) is 124 cm³/mol. The molecule has 0 bridgehead atoms. The maximum absolute atomic E-state index is 5.60. The molecular weight excluding hydrogens is 412 g/mol. The number of rotatable bonds is 5. The predicted octanol–water partition coefficient (Wildman–Crippen LogP) is 4.54. The standard InChI is InChI=1S/C24H30N2O2S2/c1-29-19-6-7-23-20(17-19)21(16-18-4-2-3-5-22(18)30-23)26-12-10-25(11-13-26)9-8-24-27-14-15-28-24/h2-7,17,21,24H,8-16H2,1H3/t21-/m0/s1. The van der Waals surface area contributed by atoms with Gasteiger partial charge in [0.2, 0.25) is 0 Å². The van der Waals surface area contributed by atoms with Crippen LogP contribution in [0.4, 0.5) is 0 Å². The Morgan fingerprint density at radius 3 is 2.60 bits per heavy atom. The van der Waals surface area contributed by atoms with Gasteiger partial charge in [0.25, 0.3) is 0 Å². The molecule has 0 aliphatic carbocycles. The van der Waals surface area contributed by atoms with Crippen molar-refractivity contribution in [2.24, 2.45) is 0 Å². The summed E-state index contributed by atoms with van der Waals surface area (Å²) in [4.78, 5) is 9.47. The second-order valence-corrected chi connectivity index (χ2v) is 10.1. The molecule has 30 heavy (non-hydrogen) atoms. The smallest absolute Gasteiger partial charge is 0.159 e. The molecule has 0 aromatic heterocycles. The summed E-state index contributed by atoms with van der Waals surface area (Å²) in [7, 11) is 0. The summed E-state index contributed by atoms with van der Waals surface area (Å²) in [5.74, 6) is 0. The highest BCUT2D eigenvalue weighted by atomic mass is 32.2. The van der Waals surface area contributed by atoms with Crippen molar-refractivity contribution in [1.29, 1.82) is 0 Å². The summed E-state index contributed by atoms with van der Waals surface area (Å²) < 4.78 is 11.2. The molecule has 3 heterocycles. The van der Waals surface area contributed by atoms with Crippen LogP contribution >= 0.6 is 23.5 Å². The average molecular weight is 443 g/mol. The van der Waals surface area contributed by atoms with Gasteiger partial charge in [0.15, 0.2) is 6.29 Å². The lowest BCUT2D eigenvalue weighted by molar-refractivity contribution is -0.0538. The van der Waals surface area contributed by atoms with E-state index in [-0.39, 0.29) is 6.29 Å². The molecule has 160 valence electrons.